The third kappa shape index (κ3) is 3.69. The van der Waals surface area contributed by atoms with E-state index in [2.05, 4.69) is 15.5 Å². The van der Waals surface area contributed by atoms with Crippen LogP contribution in [0.2, 0.25) is 0 Å². The summed E-state index contributed by atoms with van der Waals surface area (Å²) in [6.07, 6.45) is 11.4. The molecule has 0 saturated heterocycles. The molecular formula is C20H23N5O. The molecule has 1 fully saturated rings. The van der Waals surface area contributed by atoms with Crippen LogP contribution in [0.25, 0.3) is 5.69 Å². The first-order chi connectivity index (χ1) is 12.8. The maximum atomic E-state index is 12.3. The fraction of sp³-hybridized carbons (Fsp3) is 0.350. The van der Waals surface area contributed by atoms with Crippen LogP contribution in [0.5, 0.6) is 0 Å². The van der Waals surface area contributed by atoms with Gasteiger partial charge in [0, 0.05) is 18.7 Å². The van der Waals surface area contributed by atoms with Crippen molar-refractivity contribution in [3.63, 3.8) is 0 Å². The number of anilines is 1. The Bertz CT molecular complexity index is 861. The van der Waals surface area contributed by atoms with Crippen LogP contribution in [0.15, 0.2) is 55.0 Å². The number of hydrogen-bond donors (Lipinski definition) is 1. The van der Waals surface area contributed by atoms with Crippen LogP contribution in [-0.2, 0) is 11.2 Å². The fourth-order valence-corrected chi connectivity index (χ4v) is 3.53. The molecule has 2 heterocycles. The molecule has 1 saturated carbocycles. The SMILES string of the molecule is O=C(CCc1cnn(-c2ccccc2)c1)Nc1ccnn1C1CCCC1. The molecule has 0 unspecified atom stereocenters. The van der Waals surface area contributed by atoms with E-state index in [1.165, 1.54) is 12.8 Å². The van der Waals surface area contributed by atoms with Crippen molar-refractivity contribution in [3.05, 3.63) is 60.6 Å². The lowest BCUT2D eigenvalue weighted by Crippen LogP contribution is -2.17. The largest absolute Gasteiger partial charge is 0.311 e. The first-order valence-electron chi connectivity index (χ1n) is 9.22. The molecule has 2 aromatic heterocycles. The van der Waals surface area contributed by atoms with Crippen LogP contribution < -0.4 is 5.32 Å². The molecule has 0 aliphatic heterocycles. The second-order valence-electron chi connectivity index (χ2n) is 6.78. The Morgan fingerprint density at radius 2 is 1.92 bits per heavy atom. The zero-order valence-corrected chi connectivity index (χ0v) is 14.7. The third-order valence-electron chi connectivity index (χ3n) is 4.91. The highest BCUT2D eigenvalue weighted by Crippen LogP contribution is 2.31. The fourth-order valence-electron chi connectivity index (χ4n) is 3.53. The smallest absolute Gasteiger partial charge is 0.225 e. The molecule has 26 heavy (non-hydrogen) atoms. The number of aryl methyl sites for hydroxylation is 1. The number of amides is 1. The molecule has 1 N–H and O–H groups in total. The maximum absolute atomic E-state index is 12.3. The summed E-state index contributed by atoms with van der Waals surface area (Å²) < 4.78 is 3.81. The number of para-hydroxylation sites is 1. The number of nitrogens with one attached hydrogen (secondary N) is 1. The van der Waals surface area contributed by atoms with Crippen molar-refractivity contribution < 1.29 is 4.79 Å². The molecule has 0 spiro atoms. The average Bonchev–Trinajstić information content (AvgIpc) is 3.42. The first-order valence-corrected chi connectivity index (χ1v) is 9.22. The van der Waals surface area contributed by atoms with E-state index < -0.39 is 0 Å². The summed E-state index contributed by atoms with van der Waals surface area (Å²) in [5.41, 5.74) is 2.07. The van der Waals surface area contributed by atoms with Gasteiger partial charge in [0.15, 0.2) is 0 Å². The van der Waals surface area contributed by atoms with Gasteiger partial charge in [0.05, 0.1) is 24.1 Å². The molecule has 6 nitrogen and oxygen atoms in total. The number of carbonyl (C=O) groups excluding carboxylic acids is 1. The predicted molar refractivity (Wildman–Crippen MR) is 100 cm³/mol. The number of rotatable bonds is 6. The Kier molecular flexibility index (Phi) is 4.82. The first kappa shape index (κ1) is 16.6. The molecule has 1 aliphatic carbocycles. The highest BCUT2D eigenvalue weighted by Gasteiger charge is 2.20. The van der Waals surface area contributed by atoms with E-state index in [1.807, 2.05) is 58.2 Å². The molecule has 3 aromatic rings. The normalized spacial score (nSPS) is 14.6. The highest BCUT2D eigenvalue weighted by atomic mass is 16.1. The maximum Gasteiger partial charge on any atom is 0.225 e. The van der Waals surface area contributed by atoms with Crippen molar-refractivity contribution >= 4 is 11.7 Å². The van der Waals surface area contributed by atoms with E-state index in [0.717, 1.165) is 29.9 Å². The lowest BCUT2D eigenvalue weighted by Gasteiger charge is -2.14. The van der Waals surface area contributed by atoms with Crippen molar-refractivity contribution in [2.24, 2.45) is 0 Å². The van der Waals surface area contributed by atoms with Gasteiger partial charge in [-0.2, -0.15) is 10.2 Å². The van der Waals surface area contributed by atoms with E-state index in [0.29, 0.717) is 18.9 Å². The second-order valence-corrected chi connectivity index (χ2v) is 6.78. The van der Waals surface area contributed by atoms with Crippen LogP contribution in [-0.4, -0.2) is 25.5 Å². The summed E-state index contributed by atoms with van der Waals surface area (Å²) in [6.45, 7) is 0. The minimum Gasteiger partial charge on any atom is -0.311 e. The Morgan fingerprint density at radius 3 is 2.73 bits per heavy atom. The lowest BCUT2D eigenvalue weighted by molar-refractivity contribution is -0.116. The van der Waals surface area contributed by atoms with Gasteiger partial charge in [-0.1, -0.05) is 31.0 Å². The van der Waals surface area contributed by atoms with Crippen molar-refractivity contribution in [2.75, 3.05) is 5.32 Å². The quantitative estimate of drug-likeness (QED) is 0.737. The molecular weight excluding hydrogens is 326 g/mol. The standard InChI is InChI=1S/C20H23N5O/c26-20(23-19-12-13-21-25(19)18-8-4-5-9-18)11-10-16-14-22-24(15-16)17-6-2-1-3-7-17/h1-3,6-7,12-15,18H,4-5,8-11H2,(H,23,26). The zero-order valence-electron chi connectivity index (χ0n) is 14.7. The van der Waals surface area contributed by atoms with Crippen LogP contribution in [0.3, 0.4) is 0 Å². The topological polar surface area (TPSA) is 64.7 Å². The van der Waals surface area contributed by atoms with Crippen LogP contribution in [0.1, 0.15) is 43.7 Å². The van der Waals surface area contributed by atoms with E-state index in [1.54, 1.807) is 6.20 Å². The second kappa shape index (κ2) is 7.56. The average molecular weight is 349 g/mol. The van der Waals surface area contributed by atoms with Gasteiger partial charge < -0.3 is 5.32 Å². The molecule has 0 radical (unpaired) electrons. The number of benzene rings is 1. The Morgan fingerprint density at radius 1 is 1.12 bits per heavy atom. The number of nitrogens with zero attached hydrogens (tertiary/aromatic N) is 4. The Hall–Kier alpha value is -2.89. The number of carbonyl (C=O) groups is 1. The summed E-state index contributed by atoms with van der Waals surface area (Å²) in [4.78, 5) is 12.3. The minimum atomic E-state index is 0.0113. The lowest BCUT2D eigenvalue weighted by atomic mass is 10.2. The number of aromatic nitrogens is 4. The van der Waals surface area contributed by atoms with E-state index in [4.69, 9.17) is 0 Å². The van der Waals surface area contributed by atoms with Gasteiger partial charge in [0.1, 0.15) is 5.82 Å². The minimum absolute atomic E-state index is 0.0113. The van der Waals surface area contributed by atoms with E-state index in [9.17, 15) is 4.79 Å². The van der Waals surface area contributed by atoms with Crippen LogP contribution in [0.4, 0.5) is 5.82 Å². The molecule has 1 amide bonds. The highest BCUT2D eigenvalue weighted by molar-refractivity contribution is 5.89. The van der Waals surface area contributed by atoms with Gasteiger partial charge in [0.2, 0.25) is 5.91 Å². The van der Waals surface area contributed by atoms with Gasteiger partial charge in [0.25, 0.3) is 0 Å². The summed E-state index contributed by atoms with van der Waals surface area (Å²) in [5, 5.41) is 11.8. The summed E-state index contributed by atoms with van der Waals surface area (Å²) in [7, 11) is 0. The molecule has 134 valence electrons. The van der Waals surface area contributed by atoms with Gasteiger partial charge in [-0.3, -0.25) is 4.79 Å². The van der Waals surface area contributed by atoms with Crippen molar-refractivity contribution in [2.45, 2.75) is 44.6 Å². The van der Waals surface area contributed by atoms with Crippen LogP contribution in [0, 0.1) is 0 Å². The number of hydrogen-bond acceptors (Lipinski definition) is 3. The molecule has 1 aromatic carbocycles. The summed E-state index contributed by atoms with van der Waals surface area (Å²) in [5.74, 6) is 0.819. The van der Waals surface area contributed by atoms with Crippen molar-refractivity contribution in [3.8, 4) is 5.69 Å². The van der Waals surface area contributed by atoms with Crippen molar-refractivity contribution in [1.82, 2.24) is 19.6 Å². The van der Waals surface area contributed by atoms with E-state index >= 15 is 0 Å². The summed E-state index contributed by atoms with van der Waals surface area (Å²) >= 11 is 0. The van der Waals surface area contributed by atoms with Crippen LogP contribution >= 0.6 is 0 Å². The van der Waals surface area contributed by atoms with Gasteiger partial charge in [-0.05, 0) is 37.0 Å². The monoisotopic (exact) mass is 349 g/mol. The zero-order chi connectivity index (χ0) is 17.8. The van der Waals surface area contributed by atoms with E-state index in [-0.39, 0.29) is 5.91 Å². The molecule has 1 aliphatic rings. The Labute approximate surface area is 152 Å². The molecule has 0 bridgehead atoms. The predicted octanol–water partition coefficient (Wildman–Crippen LogP) is 3.76. The molecule has 6 heteroatoms. The molecule has 0 atom stereocenters. The summed E-state index contributed by atoms with van der Waals surface area (Å²) in [6, 6.07) is 12.3. The molecule has 4 rings (SSSR count). The Balaban J connectivity index is 1.34. The van der Waals surface area contributed by atoms with Gasteiger partial charge >= 0.3 is 0 Å². The van der Waals surface area contributed by atoms with Gasteiger partial charge in [-0.25, -0.2) is 9.36 Å². The van der Waals surface area contributed by atoms with Crippen molar-refractivity contribution in [1.29, 1.82) is 0 Å². The van der Waals surface area contributed by atoms with Gasteiger partial charge in [-0.15, -0.1) is 0 Å². The third-order valence-corrected chi connectivity index (χ3v) is 4.91.